The van der Waals surface area contributed by atoms with Crippen molar-refractivity contribution in [3.8, 4) is 5.75 Å². The quantitative estimate of drug-likeness (QED) is 0.884. The fourth-order valence-corrected chi connectivity index (χ4v) is 2.66. The van der Waals surface area contributed by atoms with E-state index in [1.165, 1.54) is 11.0 Å². The van der Waals surface area contributed by atoms with E-state index in [4.69, 9.17) is 9.88 Å². The molecule has 1 amide bonds. The third-order valence-electron chi connectivity index (χ3n) is 3.20. The highest BCUT2D eigenvalue weighted by Crippen LogP contribution is 2.28. The predicted molar refractivity (Wildman–Crippen MR) is 80.7 cm³/mol. The van der Waals surface area contributed by atoms with Crippen LogP contribution in [0.25, 0.3) is 0 Å². The summed E-state index contributed by atoms with van der Waals surface area (Å²) in [4.78, 5) is 13.3. The molecule has 0 aliphatic heterocycles. The van der Waals surface area contributed by atoms with Gasteiger partial charge in [0.1, 0.15) is 10.6 Å². The van der Waals surface area contributed by atoms with Crippen LogP contribution in [0.15, 0.2) is 17.0 Å². The van der Waals surface area contributed by atoms with Crippen molar-refractivity contribution < 1.29 is 17.9 Å². The lowest BCUT2D eigenvalue weighted by molar-refractivity contribution is -0.133. The van der Waals surface area contributed by atoms with E-state index >= 15 is 0 Å². The summed E-state index contributed by atoms with van der Waals surface area (Å²) in [6.07, 6.45) is 0. The number of benzene rings is 1. The van der Waals surface area contributed by atoms with Gasteiger partial charge in [-0.3, -0.25) is 4.79 Å². The van der Waals surface area contributed by atoms with Gasteiger partial charge in [0.15, 0.2) is 6.61 Å². The number of aryl methyl sites for hydroxylation is 2. The van der Waals surface area contributed by atoms with Gasteiger partial charge in [-0.15, -0.1) is 0 Å². The minimum atomic E-state index is -3.91. The van der Waals surface area contributed by atoms with Gasteiger partial charge in [0, 0.05) is 13.1 Å². The van der Waals surface area contributed by atoms with Crippen molar-refractivity contribution in [3.63, 3.8) is 0 Å². The largest absolute Gasteiger partial charge is 0.482 e. The van der Waals surface area contributed by atoms with Crippen LogP contribution in [0, 0.1) is 13.8 Å². The number of carbonyl (C=O) groups is 1. The van der Waals surface area contributed by atoms with E-state index in [1.807, 2.05) is 13.8 Å². The van der Waals surface area contributed by atoms with Crippen LogP contribution in [0.1, 0.15) is 25.0 Å². The van der Waals surface area contributed by atoms with Crippen LogP contribution in [0.4, 0.5) is 0 Å². The van der Waals surface area contributed by atoms with Gasteiger partial charge in [0.25, 0.3) is 5.91 Å². The number of nitrogens with zero attached hydrogens (tertiary/aromatic N) is 1. The number of hydrogen-bond donors (Lipinski definition) is 1. The van der Waals surface area contributed by atoms with Gasteiger partial charge >= 0.3 is 0 Å². The molecule has 7 heteroatoms. The molecule has 0 atom stereocenters. The second kappa shape index (κ2) is 6.44. The number of rotatable bonds is 5. The molecule has 0 aliphatic carbocycles. The van der Waals surface area contributed by atoms with E-state index in [9.17, 15) is 13.2 Å². The SMILES string of the molecule is Cc1cc(C)c(OCC(=O)N(C)C(C)C)c(S(N)(=O)=O)c1. The number of primary sulfonamides is 1. The van der Waals surface area contributed by atoms with Crippen molar-refractivity contribution in [2.24, 2.45) is 5.14 Å². The Hall–Kier alpha value is -1.60. The summed E-state index contributed by atoms with van der Waals surface area (Å²) in [7, 11) is -2.25. The number of sulfonamides is 1. The average Bonchev–Trinajstić information content (AvgIpc) is 2.34. The summed E-state index contributed by atoms with van der Waals surface area (Å²) in [6.45, 7) is 7.01. The first kappa shape index (κ1) is 17.5. The van der Waals surface area contributed by atoms with Crippen LogP contribution in [0.3, 0.4) is 0 Å². The number of carbonyl (C=O) groups excluding carboxylic acids is 1. The van der Waals surface area contributed by atoms with Crippen LogP contribution >= 0.6 is 0 Å². The Labute approximate surface area is 125 Å². The molecule has 6 nitrogen and oxygen atoms in total. The third-order valence-corrected chi connectivity index (χ3v) is 4.12. The maximum atomic E-state index is 11.9. The Morgan fingerprint density at radius 2 is 1.90 bits per heavy atom. The zero-order valence-corrected chi connectivity index (χ0v) is 13.8. The summed E-state index contributed by atoms with van der Waals surface area (Å²) in [5.41, 5.74) is 1.38. The van der Waals surface area contributed by atoms with Gasteiger partial charge in [-0.2, -0.15) is 0 Å². The van der Waals surface area contributed by atoms with Crippen molar-refractivity contribution in [1.29, 1.82) is 0 Å². The molecule has 0 bridgehead atoms. The molecule has 0 aromatic heterocycles. The normalized spacial score (nSPS) is 11.6. The number of hydrogen-bond acceptors (Lipinski definition) is 4. The summed E-state index contributed by atoms with van der Waals surface area (Å²) < 4.78 is 28.7. The van der Waals surface area contributed by atoms with E-state index in [0.29, 0.717) is 5.56 Å². The Morgan fingerprint density at radius 1 is 1.33 bits per heavy atom. The summed E-state index contributed by atoms with van der Waals surface area (Å²) in [5.74, 6) is -0.0982. The molecule has 0 fully saturated rings. The van der Waals surface area contributed by atoms with Crippen molar-refractivity contribution >= 4 is 15.9 Å². The molecule has 1 aromatic rings. The predicted octanol–water partition coefficient (Wildman–Crippen LogP) is 1.20. The monoisotopic (exact) mass is 314 g/mol. The van der Waals surface area contributed by atoms with E-state index in [0.717, 1.165) is 5.56 Å². The van der Waals surface area contributed by atoms with Crippen molar-refractivity contribution in [3.05, 3.63) is 23.3 Å². The summed E-state index contributed by atoms with van der Waals surface area (Å²) >= 11 is 0. The molecule has 118 valence electrons. The number of ether oxygens (including phenoxy) is 1. The lowest BCUT2D eigenvalue weighted by atomic mass is 10.1. The first-order chi connectivity index (χ1) is 9.54. The maximum absolute atomic E-state index is 11.9. The maximum Gasteiger partial charge on any atom is 0.260 e. The zero-order valence-electron chi connectivity index (χ0n) is 13.0. The molecule has 1 aromatic carbocycles. The number of amides is 1. The Kier molecular flexibility index (Phi) is 5.36. The first-order valence-corrected chi connectivity index (χ1v) is 8.11. The Bertz CT molecular complexity index is 639. The van der Waals surface area contributed by atoms with Crippen LogP contribution in [0.5, 0.6) is 5.75 Å². The minimum Gasteiger partial charge on any atom is -0.482 e. The second-order valence-electron chi connectivity index (χ2n) is 5.34. The van der Waals surface area contributed by atoms with Crippen LogP contribution < -0.4 is 9.88 Å². The smallest absolute Gasteiger partial charge is 0.260 e. The average molecular weight is 314 g/mol. The molecule has 2 N–H and O–H groups in total. The first-order valence-electron chi connectivity index (χ1n) is 6.56. The third kappa shape index (κ3) is 4.44. The molecule has 0 aliphatic rings. The highest BCUT2D eigenvalue weighted by molar-refractivity contribution is 7.89. The fraction of sp³-hybridized carbons (Fsp3) is 0.500. The van der Waals surface area contributed by atoms with Crippen LogP contribution in [-0.4, -0.2) is 38.9 Å². The molecule has 1 rings (SSSR count). The molecule has 0 saturated carbocycles. The molecule has 0 radical (unpaired) electrons. The van der Waals surface area contributed by atoms with Crippen molar-refractivity contribution in [2.75, 3.05) is 13.7 Å². The van der Waals surface area contributed by atoms with E-state index in [2.05, 4.69) is 0 Å². The van der Waals surface area contributed by atoms with E-state index < -0.39 is 10.0 Å². The van der Waals surface area contributed by atoms with Crippen LogP contribution in [-0.2, 0) is 14.8 Å². The van der Waals surface area contributed by atoms with Gasteiger partial charge in [0.2, 0.25) is 10.0 Å². The van der Waals surface area contributed by atoms with Gasteiger partial charge in [-0.1, -0.05) is 6.07 Å². The zero-order chi connectivity index (χ0) is 16.4. The Morgan fingerprint density at radius 3 is 2.38 bits per heavy atom. The number of likely N-dealkylation sites (N-methyl/N-ethyl adjacent to an activating group) is 1. The molecule has 0 unspecified atom stereocenters. The molecular weight excluding hydrogens is 292 g/mol. The van der Waals surface area contributed by atoms with Crippen molar-refractivity contribution in [1.82, 2.24) is 4.90 Å². The van der Waals surface area contributed by atoms with Gasteiger partial charge in [0.05, 0.1) is 0 Å². The fourth-order valence-electron chi connectivity index (χ4n) is 1.84. The van der Waals surface area contributed by atoms with Gasteiger partial charge < -0.3 is 9.64 Å². The highest BCUT2D eigenvalue weighted by Gasteiger charge is 2.20. The lowest BCUT2D eigenvalue weighted by Gasteiger charge is -2.22. The lowest BCUT2D eigenvalue weighted by Crippen LogP contribution is -2.36. The van der Waals surface area contributed by atoms with E-state index in [-0.39, 0.29) is 29.2 Å². The summed E-state index contributed by atoms with van der Waals surface area (Å²) in [6, 6.07) is 3.26. The van der Waals surface area contributed by atoms with Gasteiger partial charge in [-0.25, -0.2) is 13.6 Å². The molecule has 0 spiro atoms. The second-order valence-corrected chi connectivity index (χ2v) is 6.87. The molecule has 21 heavy (non-hydrogen) atoms. The Balaban J connectivity index is 3.07. The molecular formula is C14H22N2O4S. The van der Waals surface area contributed by atoms with Crippen LogP contribution in [0.2, 0.25) is 0 Å². The van der Waals surface area contributed by atoms with Crippen molar-refractivity contribution in [2.45, 2.75) is 38.6 Å². The molecule has 0 heterocycles. The summed E-state index contributed by atoms with van der Waals surface area (Å²) in [5, 5.41) is 5.21. The van der Waals surface area contributed by atoms with Gasteiger partial charge in [-0.05, 0) is 44.9 Å². The molecule has 0 saturated heterocycles. The highest BCUT2D eigenvalue weighted by atomic mass is 32.2. The minimum absolute atomic E-state index is 0.0397. The standard InChI is InChI=1S/C14H22N2O4S/c1-9(2)16(5)13(17)8-20-14-11(4)6-10(3)7-12(14)21(15,18)19/h6-7,9H,8H2,1-5H3,(H2,15,18,19). The number of nitrogens with two attached hydrogens (primary N) is 1. The van der Waals surface area contributed by atoms with E-state index in [1.54, 1.807) is 27.0 Å². The topological polar surface area (TPSA) is 89.7 Å².